The van der Waals surface area contributed by atoms with E-state index in [-0.39, 0.29) is 0 Å². The Balaban J connectivity index is 2.78. The molecule has 70 valence electrons. The summed E-state index contributed by atoms with van der Waals surface area (Å²) in [6.45, 7) is 6.36. The van der Waals surface area contributed by atoms with Gasteiger partial charge in [0.2, 0.25) is 0 Å². The smallest absolute Gasteiger partial charge is 0.0631 e. The molecule has 1 aromatic carbocycles. The minimum Gasteiger partial charge on any atom is -0.258 e. The van der Waals surface area contributed by atoms with Crippen molar-refractivity contribution in [3.63, 3.8) is 0 Å². The maximum Gasteiger partial charge on any atom is 0.0631 e. The predicted molar refractivity (Wildman–Crippen MR) is 58.9 cm³/mol. The van der Waals surface area contributed by atoms with E-state index in [1.54, 1.807) is 0 Å². The lowest BCUT2D eigenvalue weighted by atomic mass is 10.2. The Morgan fingerprint density at radius 1 is 1.38 bits per heavy atom. The molecule has 1 aromatic rings. The molecule has 0 unspecified atom stereocenters. The van der Waals surface area contributed by atoms with E-state index in [9.17, 15) is 0 Å². The molecule has 0 aliphatic heterocycles. The molecular formula is C12H17N. The van der Waals surface area contributed by atoms with E-state index in [2.05, 4.69) is 37.9 Å². The first-order valence-corrected chi connectivity index (χ1v) is 4.83. The molecule has 1 heteroatoms. The van der Waals surface area contributed by atoms with Gasteiger partial charge in [0, 0.05) is 5.71 Å². The number of hydrogen-bond acceptors (Lipinski definition) is 1. The number of nitrogens with zero attached hydrogens (tertiary/aromatic N) is 1. The van der Waals surface area contributed by atoms with Crippen LogP contribution in [0.15, 0.2) is 29.3 Å². The molecular weight excluding hydrogens is 158 g/mol. The SMILES string of the molecule is CCCC(C)=Nc1cccc(C)c1. The van der Waals surface area contributed by atoms with E-state index in [1.807, 2.05) is 12.1 Å². The highest BCUT2D eigenvalue weighted by atomic mass is 14.7. The Morgan fingerprint density at radius 2 is 2.15 bits per heavy atom. The van der Waals surface area contributed by atoms with E-state index in [4.69, 9.17) is 0 Å². The molecule has 0 spiro atoms. The fraction of sp³-hybridized carbons (Fsp3) is 0.417. The lowest BCUT2D eigenvalue weighted by Crippen LogP contribution is -1.88. The van der Waals surface area contributed by atoms with Crippen molar-refractivity contribution in [3.05, 3.63) is 29.8 Å². The van der Waals surface area contributed by atoms with Gasteiger partial charge in [-0.1, -0.05) is 25.5 Å². The molecule has 0 radical (unpaired) electrons. The van der Waals surface area contributed by atoms with Crippen LogP contribution in [0.4, 0.5) is 5.69 Å². The van der Waals surface area contributed by atoms with Crippen LogP contribution < -0.4 is 0 Å². The quantitative estimate of drug-likeness (QED) is 0.618. The van der Waals surface area contributed by atoms with Crippen LogP contribution in [0, 0.1) is 6.92 Å². The van der Waals surface area contributed by atoms with Crippen molar-refractivity contribution in [3.8, 4) is 0 Å². The van der Waals surface area contributed by atoms with Gasteiger partial charge in [-0.05, 0) is 38.0 Å². The largest absolute Gasteiger partial charge is 0.258 e. The van der Waals surface area contributed by atoms with Crippen LogP contribution in [0.25, 0.3) is 0 Å². The summed E-state index contributed by atoms with van der Waals surface area (Å²) >= 11 is 0. The average Bonchev–Trinajstić information content (AvgIpc) is 2.04. The molecule has 0 atom stereocenters. The van der Waals surface area contributed by atoms with Gasteiger partial charge in [0.1, 0.15) is 0 Å². The fourth-order valence-corrected chi connectivity index (χ4v) is 1.34. The minimum absolute atomic E-state index is 1.07. The standard InChI is InChI=1S/C12H17N/c1-4-6-11(3)13-12-8-5-7-10(2)9-12/h5,7-9H,4,6H2,1-3H3. The van der Waals surface area contributed by atoms with E-state index in [1.165, 1.54) is 17.7 Å². The normalized spacial score (nSPS) is 11.8. The summed E-state index contributed by atoms with van der Waals surface area (Å²) in [7, 11) is 0. The van der Waals surface area contributed by atoms with Crippen molar-refractivity contribution < 1.29 is 0 Å². The molecule has 0 fully saturated rings. The molecule has 0 bridgehead atoms. The van der Waals surface area contributed by atoms with Crippen LogP contribution in [0.5, 0.6) is 0 Å². The van der Waals surface area contributed by atoms with E-state index >= 15 is 0 Å². The summed E-state index contributed by atoms with van der Waals surface area (Å²) in [5, 5.41) is 0. The topological polar surface area (TPSA) is 12.4 Å². The summed E-state index contributed by atoms with van der Waals surface area (Å²) in [4.78, 5) is 4.53. The zero-order valence-corrected chi connectivity index (χ0v) is 8.67. The number of hydrogen-bond donors (Lipinski definition) is 0. The molecule has 0 amide bonds. The monoisotopic (exact) mass is 175 g/mol. The van der Waals surface area contributed by atoms with Crippen LogP contribution in [-0.2, 0) is 0 Å². The highest BCUT2D eigenvalue weighted by Gasteiger charge is 1.92. The van der Waals surface area contributed by atoms with Gasteiger partial charge in [0.25, 0.3) is 0 Å². The van der Waals surface area contributed by atoms with Crippen LogP contribution in [-0.4, -0.2) is 5.71 Å². The van der Waals surface area contributed by atoms with Gasteiger partial charge < -0.3 is 0 Å². The van der Waals surface area contributed by atoms with Gasteiger partial charge in [0.05, 0.1) is 5.69 Å². The van der Waals surface area contributed by atoms with Crippen molar-refractivity contribution in [2.75, 3.05) is 0 Å². The molecule has 1 rings (SSSR count). The van der Waals surface area contributed by atoms with Gasteiger partial charge in [-0.25, -0.2) is 0 Å². The second-order valence-electron chi connectivity index (χ2n) is 3.44. The van der Waals surface area contributed by atoms with Crippen molar-refractivity contribution in [1.82, 2.24) is 0 Å². The molecule has 0 N–H and O–H groups in total. The Morgan fingerprint density at radius 3 is 2.77 bits per heavy atom. The van der Waals surface area contributed by atoms with Gasteiger partial charge in [-0.15, -0.1) is 0 Å². The van der Waals surface area contributed by atoms with Gasteiger partial charge in [-0.2, -0.15) is 0 Å². The van der Waals surface area contributed by atoms with Crippen molar-refractivity contribution >= 4 is 11.4 Å². The van der Waals surface area contributed by atoms with Crippen LogP contribution in [0.2, 0.25) is 0 Å². The molecule has 0 heterocycles. The molecule has 0 aromatic heterocycles. The van der Waals surface area contributed by atoms with Crippen LogP contribution >= 0.6 is 0 Å². The molecule has 13 heavy (non-hydrogen) atoms. The number of rotatable bonds is 3. The lowest BCUT2D eigenvalue weighted by molar-refractivity contribution is 0.988. The first kappa shape index (κ1) is 9.97. The van der Waals surface area contributed by atoms with E-state index < -0.39 is 0 Å². The average molecular weight is 175 g/mol. The van der Waals surface area contributed by atoms with Crippen LogP contribution in [0.1, 0.15) is 32.3 Å². The third-order valence-electron chi connectivity index (χ3n) is 1.93. The summed E-state index contributed by atoms with van der Waals surface area (Å²) in [6.07, 6.45) is 2.26. The second-order valence-corrected chi connectivity index (χ2v) is 3.44. The zero-order valence-electron chi connectivity index (χ0n) is 8.67. The minimum atomic E-state index is 1.07. The summed E-state index contributed by atoms with van der Waals surface area (Å²) < 4.78 is 0. The Hall–Kier alpha value is -1.11. The van der Waals surface area contributed by atoms with Crippen LogP contribution in [0.3, 0.4) is 0 Å². The molecule has 0 aliphatic rings. The lowest BCUT2D eigenvalue weighted by Gasteiger charge is -1.99. The van der Waals surface area contributed by atoms with Gasteiger partial charge in [0.15, 0.2) is 0 Å². The zero-order chi connectivity index (χ0) is 9.68. The predicted octanol–water partition coefficient (Wildman–Crippen LogP) is 3.89. The molecule has 0 saturated heterocycles. The Kier molecular flexibility index (Phi) is 3.69. The Bertz CT molecular complexity index is 300. The first-order valence-electron chi connectivity index (χ1n) is 4.83. The third kappa shape index (κ3) is 3.41. The third-order valence-corrected chi connectivity index (χ3v) is 1.93. The van der Waals surface area contributed by atoms with Crippen molar-refractivity contribution in [2.45, 2.75) is 33.6 Å². The molecule has 0 aliphatic carbocycles. The maximum absolute atomic E-state index is 4.53. The second kappa shape index (κ2) is 4.80. The van der Waals surface area contributed by atoms with E-state index in [0.29, 0.717) is 0 Å². The van der Waals surface area contributed by atoms with Crippen molar-refractivity contribution in [1.29, 1.82) is 0 Å². The highest BCUT2D eigenvalue weighted by Crippen LogP contribution is 2.14. The first-order chi connectivity index (χ1) is 6.22. The molecule has 1 nitrogen and oxygen atoms in total. The van der Waals surface area contributed by atoms with Gasteiger partial charge >= 0.3 is 0 Å². The number of aryl methyl sites for hydroxylation is 1. The van der Waals surface area contributed by atoms with Crippen molar-refractivity contribution in [2.24, 2.45) is 4.99 Å². The maximum atomic E-state index is 4.53. The fourth-order valence-electron chi connectivity index (χ4n) is 1.34. The van der Waals surface area contributed by atoms with E-state index in [0.717, 1.165) is 12.1 Å². The number of benzene rings is 1. The summed E-state index contributed by atoms with van der Waals surface area (Å²) in [6, 6.07) is 8.30. The Labute approximate surface area is 80.5 Å². The summed E-state index contributed by atoms with van der Waals surface area (Å²) in [5.41, 5.74) is 3.56. The highest BCUT2D eigenvalue weighted by molar-refractivity contribution is 5.84. The van der Waals surface area contributed by atoms with Gasteiger partial charge in [-0.3, -0.25) is 4.99 Å². The molecule has 0 saturated carbocycles. The summed E-state index contributed by atoms with van der Waals surface area (Å²) in [5.74, 6) is 0. The number of aliphatic imine (C=N–C) groups is 1.